The largest absolute Gasteiger partial charge is 0.465 e. The lowest BCUT2D eigenvalue weighted by molar-refractivity contribution is -0.113. The second-order valence-corrected chi connectivity index (χ2v) is 9.14. The van der Waals surface area contributed by atoms with Gasteiger partial charge in [-0.3, -0.25) is 4.79 Å². The van der Waals surface area contributed by atoms with Crippen molar-refractivity contribution in [2.24, 2.45) is 0 Å². The van der Waals surface area contributed by atoms with E-state index in [1.807, 2.05) is 35.7 Å². The molecule has 1 fully saturated rings. The van der Waals surface area contributed by atoms with Crippen LogP contribution in [0, 0.1) is 0 Å². The maximum atomic E-state index is 12.7. The standard InChI is InChI=1S/C22H24N4O3S2/c1-3-11-26-19(15-9-10-15)24-25-22(26)31-13-17(27)23-20-18(21(28)29-2)16(12-30-20)14-7-5-4-6-8-14/h4-8,12,15H,3,9-11,13H2,1-2H3,(H,23,27). The number of aromatic nitrogens is 3. The van der Waals surface area contributed by atoms with Gasteiger partial charge in [-0.25, -0.2) is 4.79 Å². The number of methoxy groups -OCH3 is 1. The number of carbonyl (C=O) groups excluding carboxylic acids is 2. The lowest BCUT2D eigenvalue weighted by atomic mass is 10.0. The van der Waals surface area contributed by atoms with E-state index in [1.54, 1.807) is 0 Å². The molecule has 0 saturated heterocycles. The smallest absolute Gasteiger partial charge is 0.341 e. The van der Waals surface area contributed by atoms with E-state index in [-0.39, 0.29) is 11.7 Å². The van der Waals surface area contributed by atoms with Crippen molar-refractivity contribution in [1.29, 1.82) is 0 Å². The average Bonchev–Trinajstić information content (AvgIpc) is 3.43. The second-order valence-electron chi connectivity index (χ2n) is 7.31. The van der Waals surface area contributed by atoms with Crippen LogP contribution < -0.4 is 5.32 Å². The molecule has 7 nitrogen and oxygen atoms in total. The van der Waals surface area contributed by atoms with Gasteiger partial charge in [-0.15, -0.1) is 21.5 Å². The zero-order valence-electron chi connectivity index (χ0n) is 17.5. The molecule has 0 spiro atoms. The number of hydrogen-bond acceptors (Lipinski definition) is 7. The maximum absolute atomic E-state index is 12.7. The van der Waals surface area contributed by atoms with Gasteiger partial charge in [0.25, 0.3) is 0 Å². The Bertz CT molecular complexity index is 1070. The Morgan fingerprint density at radius 2 is 2.03 bits per heavy atom. The first kappa shape index (κ1) is 21.6. The number of esters is 1. The van der Waals surface area contributed by atoms with Gasteiger partial charge < -0.3 is 14.6 Å². The summed E-state index contributed by atoms with van der Waals surface area (Å²) in [6.07, 6.45) is 3.30. The SMILES string of the molecule is CCCn1c(SCC(=O)Nc2scc(-c3ccccc3)c2C(=O)OC)nnc1C1CC1. The molecule has 162 valence electrons. The van der Waals surface area contributed by atoms with Crippen molar-refractivity contribution in [2.75, 3.05) is 18.2 Å². The van der Waals surface area contributed by atoms with Crippen LogP contribution in [-0.2, 0) is 16.1 Å². The number of hydrogen-bond donors (Lipinski definition) is 1. The van der Waals surface area contributed by atoms with Gasteiger partial charge in [0.05, 0.1) is 12.9 Å². The highest BCUT2D eigenvalue weighted by Gasteiger charge is 2.30. The minimum atomic E-state index is -0.472. The summed E-state index contributed by atoms with van der Waals surface area (Å²) < 4.78 is 7.10. The summed E-state index contributed by atoms with van der Waals surface area (Å²) in [7, 11) is 1.34. The summed E-state index contributed by atoms with van der Waals surface area (Å²) in [4.78, 5) is 25.1. The van der Waals surface area contributed by atoms with Crippen molar-refractivity contribution < 1.29 is 14.3 Å². The third kappa shape index (κ3) is 4.83. The quantitative estimate of drug-likeness (QED) is 0.367. The Kier molecular flexibility index (Phi) is 6.72. The molecule has 0 bridgehead atoms. The number of anilines is 1. The van der Waals surface area contributed by atoms with Crippen LogP contribution in [0.25, 0.3) is 11.1 Å². The van der Waals surface area contributed by atoms with Crippen LogP contribution in [0.4, 0.5) is 5.00 Å². The highest BCUT2D eigenvalue weighted by Crippen LogP contribution is 2.40. The first-order valence-electron chi connectivity index (χ1n) is 10.2. The van der Waals surface area contributed by atoms with Gasteiger partial charge in [0.2, 0.25) is 5.91 Å². The molecule has 31 heavy (non-hydrogen) atoms. The highest BCUT2D eigenvalue weighted by atomic mass is 32.2. The molecule has 0 aliphatic heterocycles. The predicted octanol–water partition coefficient (Wildman–Crippen LogP) is 4.81. The average molecular weight is 457 g/mol. The maximum Gasteiger partial charge on any atom is 0.341 e. The molecule has 4 rings (SSSR count). The third-order valence-corrected chi connectivity index (χ3v) is 6.85. The van der Waals surface area contributed by atoms with Crippen LogP contribution in [0.15, 0.2) is 40.9 Å². The van der Waals surface area contributed by atoms with Crippen LogP contribution in [0.1, 0.15) is 48.3 Å². The van der Waals surface area contributed by atoms with Gasteiger partial charge in [0, 0.05) is 23.4 Å². The molecule has 1 amide bonds. The van der Waals surface area contributed by atoms with Crippen LogP contribution in [0.2, 0.25) is 0 Å². The van der Waals surface area contributed by atoms with E-state index < -0.39 is 5.97 Å². The first-order valence-corrected chi connectivity index (χ1v) is 12.1. The number of benzene rings is 1. The van der Waals surface area contributed by atoms with Crippen LogP contribution in [0.3, 0.4) is 0 Å². The van der Waals surface area contributed by atoms with Crippen molar-refractivity contribution in [2.45, 2.75) is 43.8 Å². The van der Waals surface area contributed by atoms with E-state index in [0.29, 0.717) is 16.5 Å². The lowest BCUT2D eigenvalue weighted by Crippen LogP contribution is -2.16. The van der Waals surface area contributed by atoms with E-state index in [9.17, 15) is 9.59 Å². The zero-order chi connectivity index (χ0) is 21.8. The third-order valence-electron chi connectivity index (χ3n) is 4.99. The number of nitrogens with zero attached hydrogens (tertiary/aromatic N) is 3. The Balaban J connectivity index is 1.48. The van der Waals surface area contributed by atoms with Crippen LogP contribution in [-0.4, -0.2) is 39.5 Å². The van der Waals surface area contributed by atoms with Crippen molar-refractivity contribution in [3.8, 4) is 11.1 Å². The normalized spacial score (nSPS) is 13.2. The van der Waals surface area contributed by atoms with Crippen molar-refractivity contribution in [3.05, 3.63) is 47.1 Å². The Hall–Kier alpha value is -2.65. The number of carbonyl (C=O) groups is 2. The zero-order valence-corrected chi connectivity index (χ0v) is 19.1. The number of thioether (sulfide) groups is 1. The molecule has 2 aromatic heterocycles. The van der Waals surface area contributed by atoms with Crippen molar-refractivity contribution in [3.63, 3.8) is 0 Å². The molecular formula is C22H24N4O3S2. The number of rotatable bonds is 9. The van der Waals surface area contributed by atoms with Gasteiger partial charge in [0.15, 0.2) is 5.16 Å². The first-order chi connectivity index (χ1) is 15.1. The van der Waals surface area contributed by atoms with E-state index >= 15 is 0 Å². The highest BCUT2D eigenvalue weighted by molar-refractivity contribution is 7.99. The molecule has 2 heterocycles. The van der Waals surface area contributed by atoms with E-state index in [4.69, 9.17) is 4.74 Å². The predicted molar refractivity (Wildman–Crippen MR) is 123 cm³/mol. The summed E-state index contributed by atoms with van der Waals surface area (Å²) in [6.45, 7) is 2.97. The molecule has 3 aromatic rings. The van der Waals surface area contributed by atoms with Gasteiger partial charge >= 0.3 is 5.97 Å². The molecule has 1 aliphatic carbocycles. The minimum Gasteiger partial charge on any atom is -0.465 e. The summed E-state index contributed by atoms with van der Waals surface area (Å²) in [5, 5.41) is 14.7. The van der Waals surface area contributed by atoms with Crippen molar-refractivity contribution in [1.82, 2.24) is 14.8 Å². The van der Waals surface area contributed by atoms with Gasteiger partial charge in [-0.1, -0.05) is 49.0 Å². The summed E-state index contributed by atoms with van der Waals surface area (Å²) >= 11 is 2.69. The van der Waals surface area contributed by atoms with E-state index in [1.165, 1.54) is 30.2 Å². The topological polar surface area (TPSA) is 86.1 Å². The Labute approximate surface area is 189 Å². The molecule has 0 unspecified atom stereocenters. The molecule has 1 saturated carbocycles. The molecule has 9 heteroatoms. The number of ether oxygens (including phenoxy) is 1. The summed E-state index contributed by atoms with van der Waals surface area (Å²) in [5.74, 6) is 1.05. The Morgan fingerprint density at radius 3 is 2.71 bits per heavy atom. The fourth-order valence-corrected chi connectivity index (χ4v) is 5.11. The van der Waals surface area contributed by atoms with Gasteiger partial charge in [-0.05, 0) is 24.8 Å². The monoisotopic (exact) mass is 456 g/mol. The molecule has 0 radical (unpaired) electrons. The fourth-order valence-electron chi connectivity index (χ4n) is 3.36. The molecule has 1 aromatic carbocycles. The van der Waals surface area contributed by atoms with Crippen LogP contribution in [0.5, 0.6) is 0 Å². The fraction of sp³-hybridized carbons (Fsp3) is 0.364. The van der Waals surface area contributed by atoms with E-state index in [2.05, 4.69) is 27.0 Å². The lowest BCUT2D eigenvalue weighted by Gasteiger charge is -2.09. The van der Waals surface area contributed by atoms with Gasteiger partial charge in [0.1, 0.15) is 16.4 Å². The number of thiophene rings is 1. The molecule has 1 aliphatic rings. The van der Waals surface area contributed by atoms with E-state index in [0.717, 1.165) is 47.9 Å². The number of nitrogens with one attached hydrogen (secondary N) is 1. The minimum absolute atomic E-state index is 0.186. The molecule has 0 atom stereocenters. The van der Waals surface area contributed by atoms with Gasteiger partial charge in [-0.2, -0.15) is 0 Å². The summed E-state index contributed by atoms with van der Waals surface area (Å²) in [5.41, 5.74) is 2.02. The molecule has 1 N–H and O–H groups in total. The summed E-state index contributed by atoms with van der Waals surface area (Å²) in [6, 6.07) is 9.58. The van der Waals surface area contributed by atoms with Crippen LogP contribution >= 0.6 is 23.1 Å². The van der Waals surface area contributed by atoms with Crippen molar-refractivity contribution >= 4 is 40.0 Å². The second kappa shape index (κ2) is 9.65. The Morgan fingerprint density at radius 1 is 1.26 bits per heavy atom. The molecular weight excluding hydrogens is 432 g/mol. The number of amides is 1.